The lowest BCUT2D eigenvalue weighted by Crippen LogP contribution is -2.75. The minimum absolute atomic E-state index is 0.000677. The maximum atomic E-state index is 12.1. The summed E-state index contributed by atoms with van der Waals surface area (Å²) >= 11 is 0. The monoisotopic (exact) mass is 434 g/mol. The molecule has 31 heavy (non-hydrogen) atoms. The molecule has 5 heterocycles. The lowest BCUT2D eigenvalue weighted by atomic mass is 9.42. The van der Waals surface area contributed by atoms with Gasteiger partial charge in [-0.2, -0.15) is 0 Å². The van der Waals surface area contributed by atoms with Crippen LogP contribution in [0, 0.1) is 22.7 Å². The normalized spacial score (nSPS) is 53.6. The fourth-order valence-corrected chi connectivity index (χ4v) is 7.61. The highest BCUT2D eigenvalue weighted by Gasteiger charge is 2.82. The van der Waals surface area contributed by atoms with Gasteiger partial charge in [-0.3, -0.25) is 9.59 Å². The van der Waals surface area contributed by atoms with E-state index in [0.717, 1.165) is 25.7 Å². The summed E-state index contributed by atoms with van der Waals surface area (Å²) < 4.78 is 36.2. The number of epoxide rings is 1. The van der Waals surface area contributed by atoms with E-state index in [1.54, 1.807) is 6.26 Å². The SMILES string of the molecule is CC(=O)OC1CCC(C)(C2CC3C=COC3O2)C2CC3CC4(CO4)C12C(OC(C)=O)O3. The van der Waals surface area contributed by atoms with Crippen molar-refractivity contribution in [2.45, 2.75) is 89.4 Å². The van der Waals surface area contributed by atoms with Crippen LogP contribution in [-0.4, -0.2) is 55.0 Å². The largest absolute Gasteiger partial charge is 0.472 e. The zero-order chi connectivity index (χ0) is 21.6. The molecule has 0 aromatic carbocycles. The highest BCUT2D eigenvalue weighted by molar-refractivity contribution is 5.67. The third-order valence-corrected chi connectivity index (χ3v) is 8.88. The Morgan fingerprint density at radius 3 is 2.55 bits per heavy atom. The summed E-state index contributed by atoms with van der Waals surface area (Å²) in [5, 5.41) is 0. The number of rotatable bonds is 3. The number of carbonyl (C=O) groups is 2. The first-order valence-corrected chi connectivity index (χ1v) is 11.4. The smallest absolute Gasteiger partial charge is 0.304 e. The van der Waals surface area contributed by atoms with Crippen molar-refractivity contribution in [2.75, 3.05) is 6.61 Å². The van der Waals surface area contributed by atoms with E-state index < -0.39 is 29.4 Å². The molecule has 0 N–H and O–H groups in total. The molecule has 2 spiro atoms. The average molecular weight is 434 g/mol. The Morgan fingerprint density at radius 2 is 1.87 bits per heavy atom. The molecule has 8 heteroatoms. The van der Waals surface area contributed by atoms with Gasteiger partial charge in [-0.1, -0.05) is 6.92 Å². The molecule has 2 saturated carbocycles. The standard InChI is InChI=1S/C23H30O8/c1-12(24)28-17-4-6-21(3,18-8-14-5-7-26-19(14)31-18)16-9-15-10-22(11-27-22)23(16,17)20(30-15)29-13(2)25/h5,7,14-20H,4,6,8-11H2,1-3H3. The molecule has 8 nitrogen and oxygen atoms in total. The van der Waals surface area contributed by atoms with Gasteiger partial charge in [0.1, 0.15) is 17.1 Å². The molecular weight excluding hydrogens is 404 g/mol. The van der Waals surface area contributed by atoms with E-state index in [1.165, 1.54) is 13.8 Å². The first-order valence-electron chi connectivity index (χ1n) is 11.4. The van der Waals surface area contributed by atoms with E-state index in [4.69, 9.17) is 28.4 Å². The number of carbonyl (C=O) groups excluding carboxylic acids is 2. The van der Waals surface area contributed by atoms with Gasteiger partial charge in [0.05, 0.1) is 25.1 Å². The van der Waals surface area contributed by atoms with Crippen LogP contribution in [0.2, 0.25) is 0 Å². The Morgan fingerprint density at radius 1 is 1.10 bits per heavy atom. The molecule has 6 fully saturated rings. The molecule has 7 aliphatic rings. The Bertz CT molecular complexity index is 815. The zero-order valence-electron chi connectivity index (χ0n) is 18.2. The van der Waals surface area contributed by atoms with Gasteiger partial charge in [0.25, 0.3) is 0 Å². The average Bonchev–Trinajstić information content (AvgIpc) is 3.12. The van der Waals surface area contributed by atoms with Crippen molar-refractivity contribution < 1.29 is 38.0 Å². The van der Waals surface area contributed by atoms with Crippen molar-refractivity contribution in [3.8, 4) is 0 Å². The molecule has 2 bridgehead atoms. The number of hydrogen-bond donors (Lipinski definition) is 0. The highest BCUT2D eigenvalue weighted by Crippen LogP contribution is 2.73. The lowest BCUT2D eigenvalue weighted by Gasteiger charge is -2.67. The Balaban J connectivity index is 1.44. The molecule has 4 saturated heterocycles. The van der Waals surface area contributed by atoms with Crippen molar-refractivity contribution in [3.63, 3.8) is 0 Å². The predicted molar refractivity (Wildman–Crippen MR) is 104 cm³/mol. The quantitative estimate of drug-likeness (QED) is 0.494. The summed E-state index contributed by atoms with van der Waals surface area (Å²) in [4.78, 5) is 24.2. The molecule has 10 unspecified atom stereocenters. The van der Waals surface area contributed by atoms with Gasteiger partial charge in [0, 0.05) is 26.2 Å². The third-order valence-electron chi connectivity index (χ3n) is 8.88. The number of ether oxygens (including phenoxy) is 6. The third kappa shape index (κ3) is 2.58. The van der Waals surface area contributed by atoms with Crippen molar-refractivity contribution in [2.24, 2.45) is 22.7 Å². The summed E-state index contributed by atoms with van der Waals surface area (Å²) in [6.45, 7) is 5.67. The van der Waals surface area contributed by atoms with E-state index in [0.29, 0.717) is 13.0 Å². The maximum Gasteiger partial charge on any atom is 0.304 e. The molecule has 0 aromatic heterocycles. The van der Waals surface area contributed by atoms with Crippen LogP contribution in [0.25, 0.3) is 0 Å². The van der Waals surface area contributed by atoms with Crippen LogP contribution in [0.5, 0.6) is 0 Å². The van der Waals surface area contributed by atoms with Crippen molar-refractivity contribution in [1.29, 1.82) is 0 Å². The minimum Gasteiger partial charge on any atom is -0.472 e. The number of esters is 2. The molecule has 0 radical (unpaired) electrons. The van der Waals surface area contributed by atoms with Gasteiger partial charge in [-0.15, -0.1) is 0 Å². The minimum atomic E-state index is -0.800. The van der Waals surface area contributed by atoms with Gasteiger partial charge >= 0.3 is 11.9 Å². The first-order chi connectivity index (χ1) is 14.8. The number of fused-ring (bicyclic) bond motifs is 2. The second kappa shape index (κ2) is 6.45. The van der Waals surface area contributed by atoms with Crippen LogP contribution in [0.4, 0.5) is 0 Å². The zero-order valence-corrected chi connectivity index (χ0v) is 18.2. The maximum absolute atomic E-state index is 12.1. The highest BCUT2D eigenvalue weighted by atomic mass is 16.7. The molecule has 7 rings (SSSR count). The predicted octanol–water partition coefficient (Wildman–Crippen LogP) is 2.45. The van der Waals surface area contributed by atoms with Crippen molar-refractivity contribution >= 4 is 11.9 Å². The lowest BCUT2D eigenvalue weighted by molar-refractivity contribution is -0.369. The van der Waals surface area contributed by atoms with Gasteiger partial charge < -0.3 is 28.4 Å². The Hall–Kier alpha value is -1.64. The summed E-state index contributed by atoms with van der Waals surface area (Å²) in [6, 6.07) is 0. The fraction of sp³-hybridized carbons (Fsp3) is 0.826. The van der Waals surface area contributed by atoms with E-state index >= 15 is 0 Å². The second-order valence-corrected chi connectivity index (χ2v) is 10.4. The van der Waals surface area contributed by atoms with E-state index in [2.05, 4.69) is 13.0 Å². The van der Waals surface area contributed by atoms with Crippen LogP contribution < -0.4 is 0 Å². The van der Waals surface area contributed by atoms with Crippen LogP contribution >= 0.6 is 0 Å². The summed E-state index contributed by atoms with van der Waals surface area (Å²) in [6.07, 6.45) is 6.21. The Labute approximate surface area is 181 Å². The number of hydrogen-bond acceptors (Lipinski definition) is 8. The van der Waals surface area contributed by atoms with Crippen LogP contribution in [0.15, 0.2) is 12.3 Å². The van der Waals surface area contributed by atoms with Gasteiger partial charge in [-0.25, -0.2) is 0 Å². The Kier molecular flexibility index (Phi) is 4.16. The molecule has 0 aromatic rings. The molecule has 2 aliphatic carbocycles. The summed E-state index contributed by atoms with van der Waals surface area (Å²) in [5.41, 5.74) is -1.45. The first kappa shape index (κ1) is 20.0. The van der Waals surface area contributed by atoms with E-state index in [1.807, 2.05) is 0 Å². The van der Waals surface area contributed by atoms with Crippen LogP contribution in [-0.2, 0) is 38.0 Å². The van der Waals surface area contributed by atoms with Gasteiger partial charge in [0.2, 0.25) is 12.6 Å². The molecule has 10 atom stereocenters. The van der Waals surface area contributed by atoms with Gasteiger partial charge in [-0.05, 0) is 43.1 Å². The van der Waals surface area contributed by atoms with Crippen molar-refractivity contribution in [1.82, 2.24) is 0 Å². The van der Waals surface area contributed by atoms with Crippen molar-refractivity contribution in [3.05, 3.63) is 12.3 Å². The molecule has 0 amide bonds. The van der Waals surface area contributed by atoms with Crippen LogP contribution in [0.1, 0.15) is 52.9 Å². The second-order valence-electron chi connectivity index (χ2n) is 10.4. The van der Waals surface area contributed by atoms with E-state index in [9.17, 15) is 9.59 Å². The molecule has 5 aliphatic heterocycles. The molecular formula is C23H30O8. The fourth-order valence-electron chi connectivity index (χ4n) is 7.61. The topological polar surface area (TPSA) is 92.8 Å². The molecule has 170 valence electrons. The summed E-state index contributed by atoms with van der Waals surface area (Å²) in [7, 11) is 0. The van der Waals surface area contributed by atoms with Gasteiger partial charge in [0.15, 0.2) is 0 Å². The van der Waals surface area contributed by atoms with E-state index in [-0.39, 0.29) is 41.7 Å². The summed E-state index contributed by atoms with van der Waals surface area (Å²) in [5.74, 6) is -0.417. The van der Waals surface area contributed by atoms with Crippen LogP contribution in [0.3, 0.4) is 0 Å².